The molecule has 0 saturated heterocycles. The van der Waals surface area contributed by atoms with Gasteiger partial charge in [0.25, 0.3) is 5.91 Å². The van der Waals surface area contributed by atoms with Gasteiger partial charge in [-0.05, 0) is 48.0 Å². The third-order valence-electron chi connectivity index (χ3n) is 4.11. The predicted octanol–water partition coefficient (Wildman–Crippen LogP) is 2.67. The van der Waals surface area contributed by atoms with Crippen LogP contribution in [0.25, 0.3) is 10.8 Å². The van der Waals surface area contributed by atoms with Gasteiger partial charge >= 0.3 is 5.97 Å². The lowest BCUT2D eigenvalue weighted by Gasteiger charge is -2.14. The van der Waals surface area contributed by atoms with Crippen LogP contribution in [0.4, 0.5) is 5.69 Å². The second-order valence-corrected chi connectivity index (χ2v) is 7.69. The van der Waals surface area contributed by atoms with Crippen molar-refractivity contribution >= 4 is 38.4 Å². The molecule has 8 heteroatoms. The largest absolute Gasteiger partial charge is 0.449 e. The number of hydrogen-bond acceptors (Lipinski definition) is 5. The minimum Gasteiger partial charge on any atom is -0.449 e. The molecule has 0 aliphatic heterocycles. The van der Waals surface area contributed by atoms with Crippen LogP contribution in [-0.2, 0) is 19.6 Å². The van der Waals surface area contributed by atoms with Crippen LogP contribution >= 0.6 is 0 Å². The smallest absolute Gasteiger partial charge is 0.339 e. The van der Waals surface area contributed by atoms with E-state index in [1.54, 1.807) is 12.1 Å². The highest BCUT2D eigenvalue weighted by molar-refractivity contribution is 7.89. The van der Waals surface area contributed by atoms with Crippen molar-refractivity contribution in [2.45, 2.75) is 17.9 Å². The zero-order valence-corrected chi connectivity index (χ0v) is 15.8. The molecule has 0 bridgehead atoms. The number of ether oxygens (including phenoxy) is 1. The molecule has 144 valence electrons. The molecule has 0 aliphatic rings. The number of esters is 1. The van der Waals surface area contributed by atoms with Gasteiger partial charge in [0, 0.05) is 5.69 Å². The predicted molar refractivity (Wildman–Crippen MR) is 105 cm³/mol. The van der Waals surface area contributed by atoms with Crippen molar-refractivity contribution in [3.05, 3.63) is 72.3 Å². The van der Waals surface area contributed by atoms with Crippen molar-refractivity contribution in [2.24, 2.45) is 5.14 Å². The topological polar surface area (TPSA) is 116 Å². The maximum atomic E-state index is 12.5. The van der Waals surface area contributed by atoms with E-state index in [2.05, 4.69) is 5.32 Å². The van der Waals surface area contributed by atoms with Crippen LogP contribution in [-0.4, -0.2) is 26.4 Å². The lowest BCUT2D eigenvalue weighted by molar-refractivity contribution is -0.123. The maximum absolute atomic E-state index is 12.5. The molecule has 0 aromatic heterocycles. The summed E-state index contributed by atoms with van der Waals surface area (Å²) in [4.78, 5) is 24.7. The van der Waals surface area contributed by atoms with E-state index in [0.29, 0.717) is 11.3 Å². The second-order valence-electron chi connectivity index (χ2n) is 6.13. The number of hydrogen-bond donors (Lipinski definition) is 2. The summed E-state index contributed by atoms with van der Waals surface area (Å²) in [7, 11) is -3.81. The molecule has 0 unspecified atom stereocenters. The summed E-state index contributed by atoms with van der Waals surface area (Å²) in [6.45, 7) is 1.46. The van der Waals surface area contributed by atoms with Gasteiger partial charge in [-0.1, -0.05) is 36.4 Å². The minimum absolute atomic E-state index is 0.0686. The average molecular weight is 398 g/mol. The first kappa shape index (κ1) is 19.5. The quantitative estimate of drug-likeness (QED) is 0.641. The Hall–Kier alpha value is -3.23. The van der Waals surface area contributed by atoms with Gasteiger partial charge in [-0.3, -0.25) is 4.79 Å². The molecule has 3 N–H and O–H groups in total. The fraction of sp³-hybridized carbons (Fsp3) is 0.100. The Morgan fingerprint density at radius 1 is 0.964 bits per heavy atom. The number of carbonyl (C=O) groups excluding carboxylic acids is 2. The molecule has 3 rings (SSSR count). The Labute approximate surface area is 162 Å². The van der Waals surface area contributed by atoms with E-state index in [9.17, 15) is 18.0 Å². The molecule has 1 atom stereocenters. The summed E-state index contributed by atoms with van der Waals surface area (Å²) in [5.74, 6) is -1.15. The van der Waals surface area contributed by atoms with E-state index in [1.165, 1.54) is 31.2 Å². The molecule has 0 fully saturated rings. The summed E-state index contributed by atoms with van der Waals surface area (Å²) in [6, 6.07) is 18.0. The number of nitrogens with two attached hydrogens (primary N) is 1. The summed E-state index contributed by atoms with van der Waals surface area (Å²) >= 11 is 0. The van der Waals surface area contributed by atoms with Crippen molar-refractivity contribution in [1.29, 1.82) is 0 Å². The van der Waals surface area contributed by atoms with Crippen LogP contribution in [0.15, 0.2) is 71.6 Å². The molecule has 28 heavy (non-hydrogen) atoms. The fourth-order valence-corrected chi connectivity index (χ4v) is 3.17. The molecular formula is C20H18N2O5S. The molecule has 0 radical (unpaired) electrons. The third-order valence-corrected chi connectivity index (χ3v) is 5.04. The van der Waals surface area contributed by atoms with Gasteiger partial charge in [-0.15, -0.1) is 0 Å². The van der Waals surface area contributed by atoms with Crippen LogP contribution in [0.1, 0.15) is 17.3 Å². The van der Waals surface area contributed by atoms with E-state index in [-0.39, 0.29) is 4.90 Å². The second kappa shape index (κ2) is 7.79. The zero-order chi connectivity index (χ0) is 20.3. The number of nitrogens with one attached hydrogen (secondary N) is 1. The van der Waals surface area contributed by atoms with Crippen molar-refractivity contribution < 1.29 is 22.7 Å². The SMILES string of the molecule is C[C@H](OC(=O)c1cccc2ccccc12)C(=O)Nc1ccc(S(N)(=O)=O)cc1. The molecule has 3 aromatic rings. The van der Waals surface area contributed by atoms with Crippen LogP contribution < -0.4 is 10.5 Å². The van der Waals surface area contributed by atoms with Crippen molar-refractivity contribution in [1.82, 2.24) is 0 Å². The van der Waals surface area contributed by atoms with Gasteiger partial charge in [0.1, 0.15) is 0 Å². The number of fused-ring (bicyclic) bond motifs is 1. The minimum atomic E-state index is -3.81. The van der Waals surface area contributed by atoms with Gasteiger partial charge in [0.2, 0.25) is 10.0 Å². The first-order chi connectivity index (χ1) is 13.3. The first-order valence-corrected chi connectivity index (χ1v) is 9.93. The molecule has 1 amide bonds. The highest BCUT2D eigenvalue weighted by Gasteiger charge is 2.20. The standard InChI is InChI=1S/C20H18N2O5S/c1-13(19(23)22-15-9-11-16(12-10-15)28(21,25)26)27-20(24)18-8-4-6-14-5-2-3-7-17(14)18/h2-13H,1H3,(H,22,23)(H2,21,25,26)/t13-/m0/s1. The average Bonchev–Trinajstić information content (AvgIpc) is 2.67. The van der Waals surface area contributed by atoms with Crippen LogP contribution in [0.3, 0.4) is 0 Å². The van der Waals surface area contributed by atoms with Crippen molar-refractivity contribution in [2.75, 3.05) is 5.32 Å². The van der Waals surface area contributed by atoms with Crippen LogP contribution in [0, 0.1) is 0 Å². The van der Waals surface area contributed by atoms with E-state index < -0.39 is 28.0 Å². The lowest BCUT2D eigenvalue weighted by atomic mass is 10.0. The number of primary sulfonamides is 1. The number of carbonyl (C=O) groups is 2. The zero-order valence-electron chi connectivity index (χ0n) is 15.0. The fourth-order valence-electron chi connectivity index (χ4n) is 2.65. The van der Waals surface area contributed by atoms with Gasteiger partial charge in [-0.25, -0.2) is 18.4 Å². The molecule has 0 spiro atoms. The number of sulfonamides is 1. The molecule has 3 aromatic carbocycles. The monoisotopic (exact) mass is 398 g/mol. The first-order valence-electron chi connectivity index (χ1n) is 8.38. The molecular weight excluding hydrogens is 380 g/mol. The summed E-state index contributed by atoms with van der Waals surface area (Å²) in [6.07, 6.45) is -1.05. The number of rotatable bonds is 5. The Morgan fingerprint density at radius 3 is 2.29 bits per heavy atom. The highest BCUT2D eigenvalue weighted by atomic mass is 32.2. The van der Waals surface area contributed by atoms with E-state index >= 15 is 0 Å². The van der Waals surface area contributed by atoms with E-state index in [0.717, 1.165) is 10.8 Å². The van der Waals surface area contributed by atoms with Gasteiger partial charge in [0.05, 0.1) is 10.5 Å². The highest BCUT2D eigenvalue weighted by Crippen LogP contribution is 2.20. The van der Waals surface area contributed by atoms with Crippen molar-refractivity contribution in [3.63, 3.8) is 0 Å². The summed E-state index contributed by atoms with van der Waals surface area (Å²) in [5.41, 5.74) is 0.723. The molecule has 0 heterocycles. The van der Waals surface area contributed by atoms with Gasteiger partial charge in [0.15, 0.2) is 6.10 Å². The van der Waals surface area contributed by atoms with E-state index in [4.69, 9.17) is 9.88 Å². The number of anilines is 1. The Kier molecular flexibility index (Phi) is 5.43. The lowest BCUT2D eigenvalue weighted by Crippen LogP contribution is -2.30. The van der Waals surface area contributed by atoms with Crippen LogP contribution in [0.2, 0.25) is 0 Å². The van der Waals surface area contributed by atoms with E-state index in [1.807, 2.05) is 30.3 Å². The number of amides is 1. The Morgan fingerprint density at radius 2 is 1.61 bits per heavy atom. The maximum Gasteiger partial charge on any atom is 0.339 e. The number of benzene rings is 3. The summed E-state index contributed by atoms with van der Waals surface area (Å²) < 4.78 is 27.8. The van der Waals surface area contributed by atoms with Gasteiger partial charge < -0.3 is 10.1 Å². The van der Waals surface area contributed by atoms with Crippen LogP contribution in [0.5, 0.6) is 0 Å². The Bertz CT molecular complexity index is 1140. The Balaban J connectivity index is 1.69. The van der Waals surface area contributed by atoms with Crippen molar-refractivity contribution in [3.8, 4) is 0 Å². The van der Waals surface area contributed by atoms with Gasteiger partial charge in [-0.2, -0.15) is 0 Å². The molecule has 7 nitrogen and oxygen atoms in total. The summed E-state index contributed by atoms with van der Waals surface area (Å²) in [5, 5.41) is 9.23. The molecule has 0 saturated carbocycles. The normalized spacial score (nSPS) is 12.4. The third kappa shape index (κ3) is 4.36. The molecule has 0 aliphatic carbocycles.